The third kappa shape index (κ3) is 8.85. The maximum atomic E-state index is 11.9. The number of nitro groups is 1. The molecule has 1 heterocycles. The van der Waals surface area contributed by atoms with Gasteiger partial charge in [-0.05, 0) is 11.6 Å². The average molecular weight is 562 g/mol. The predicted octanol–water partition coefficient (Wildman–Crippen LogP) is 1.93. The zero-order chi connectivity index (χ0) is 28.6. The van der Waals surface area contributed by atoms with Gasteiger partial charge in [0.1, 0.15) is 19.3 Å². The molecule has 208 valence electrons. The van der Waals surface area contributed by atoms with Crippen LogP contribution in [0.15, 0.2) is 18.2 Å². The first-order valence-electron chi connectivity index (χ1n) is 10.8. The van der Waals surface area contributed by atoms with Crippen LogP contribution in [0.3, 0.4) is 0 Å². The molecule has 0 bridgehead atoms. The van der Waals surface area contributed by atoms with Gasteiger partial charge >= 0.3 is 35.0 Å². The smallest absolute Gasteiger partial charge is 0.404 e. The van der Waals surface area contributed by atoms with Crippen LogP contribution in [0.5, 0.6) is 5.75 Å². The molecule has 1 saturated heterocycles. The number of ether oxygens (including phenoxy) is 7. The second-order valence-electron chi connectivity index (χ2n) is 7.77. The first kappa shape index (κ1) is 30.2. The molecule has 1 aromatic carbocycles. The quantitative estimate of drug-likeness (QED) is 0.132. The van der Waals surface area contributed by atoms with Gasteiger partial charge in [-0.25, -0.2) is 4.79 Å². The second kappa shape index (κ2) is 13.5. The summed E-state index contributed by atoms with van der Waals surface area (Å²) in [6, 6.07) is 3.53. The van der Waals surface area contributed by atoms with Gasteiger partial charge in [0, 0.05) is 45.4 Å². The minimum atomic E-state index is -1.68. The number of nitrogens with zero attached hydrogens (tertiary/aromatic N) is 1. The lowest BCUT2D eigenvalue weighted by atomic mass is 9.98. The monoisotopic (exact) mass is 561 g/mol. The Hall–Kier alpha value is -3.98. The highest BCUT2D eigenvalue weighted by atomic mass is 35.5. The van der Waals surface area contributed by atoms with Crippen molar-refractivity contribution >= 4 is 46.6 Å². The molecule has 0 radical (unpaired) electrons. The summed E-state index contributed by atoms with van der Waals surface area (Å²) in [5.74, 6) is -3.66. The lowest BCUT2D eigenvalue weighted by Gasteiger charge is -2.43. The van der Waals surface area contributed by atoms with E-state index in [0.29, 0.717) is 0 Å². The minimum absolute atomic E-state index is 0.194. The van der Waals surface area contributed by atoms with E-state index in [2.05, 4.69) is 4.74 Å². The van der Waals surface area contributed by atoms with Crippen LogP contribution < -0.4 is 4.74 Å². The Morgan fingerprint density at radius 1 is 0.895 bits per heavy atom. The molecule has 0 unspecified atom stereocenters. The zero-order valence-corrected chi connectivity index (χ0v) is 21.3. The molecular weight excluding hydrogens is 538 g/mol. The Bertz CT molecular complexity index is 1090. The number of hydrogen-bond donors (Lipinski definition) is 0. The van der Waals surface area contributed by atoms with Crippen molar-refractivity contribution in [3.8, 4) is 5.75 Å². The number of esters is 4. The van der Waals surface area contributed by atoms with Crippen LogP contribution in [0.2, 0.25) is 0 Å². The SMILES string of the molecule is CC(=O)OC[C@H]1O[C@@H](Oc2ccc(COC(=O)Cl)cc2[N+](=O)[O-])[C@H](OC(C)=O)[C@@H](OC(C)=O)[C@@H]1OC(C)=O. The summed E-state index contributed by atoms with van der Waals surface area (Å²) < 4.78 is 36.8. The number of rotatable bonds is 10. The molecule has 0 N–H and O–H groups in total. The van der Waals surface area contributed by atoms with Crippen molar-refractivity contribution in [1.29, 1.82) is 0 Å². The second-order valence-corrected chi connectivity index (χ2v) is 8.08. The summed E-state index contributed by atoms with van der Waals surface area (Å²) in [5.41, 5.74) is -1.52. The summed E-state index contributed by atoms with van der Waals surface area (Å²) in [4.78, 5) is 68.8. The van der Waals surface area contributed by atoms with E-state index in [1.54, 1.807) is 0 Å². The van der Waals surface area contributed by atoms with Crippen LogP contribution in [0.4, 0.5) is 10.5 Å². The van der Waals surface area contributed by atoms with Crippen molar-refractivity contribution in [2.24, 2.45) is 0 Å². The number of carbonyl (C=O) groups is 5. The van der Waals surface area contributed by atoms with Gasteiger partial charge in [-0.15, -0.1) is 0 Å². The predicted molar refractivity (Wildman–Crippen MR) is 122 cm³/mol. The fraction of sp³-hybridized carbons (Fsp3) is 0.500. The number of nitro benzene ring substituents is 1. The average Bonchev–Trinajstić information content (AvgIpc) is 2.79. The van der Waals surface area contributed by atoms with Gasteiger partial charge in [0.25, 0.3) is 0 Å². The fourth-order valence-corrected chi connectivity index (χ4v) is 3.50. The number of halogens is 1. The Kier molecular flexibility index (Phi) is 10.8. The maximum absolute atomic E-state index is 11.9. The minimum Gasteiger partial charge on any atom is -0.463 e. The van der Waals surface area contributed by atoms with Gasteiger partial charge in [0.05, 0.1) is 4.92 Å². The largest absolute Gasteiger partial charge is 0.463 e. The molecule has 0 aliphatic carbocycles. The van der Waals surface area contributed by atoms with Crippen LogP contribution >= 0.6 is 11.6 Å². The van der Waals surface area contributed by atoms with Crippen LogP contribution in [0.1, 0.15) is 33.3 Å². The number of hydrogen-bond acceptors (Lipinski definition) is 14. The van der Waals surface area contributed by atoms with Crippen molar-refractivity contribution in [2.45, 2.75) is 65.0 Å². The van der Waals surface area contributed by atoms with Crippen molar-refractivity contribution < 1.29 is 62.1 Å². The summed E-state index contributed by atoms with van der Waals surface area (Å²) in [6.45, 7) is 3.35. The van der Waals surface area contributed by atoms with Crippen LogP contribution in [-0.2, 0) is 54.2 Å². The first-order valence-corrected chi connectivity index (χ1v) is 11.2. The highest BCUT2D eigenvalue weighted by molar-refractivity contribution is 6.61. The van der Waals surface area contributed by atoms with E-state index < -0.39 is 77.2 Å². The molecule has 38 heavy (non-hydrogen) atoms. The highest BCUT2D eigenvalue weighted by Gasteiger charge is 2.53. The standard InChI is InChI=1S/C22H24ClNO14/c1-10(25)32-9-17-18(34-11(2)26)19(35-12(3)27)20(36-13(4)28)21(38-17)37-16-6-5-14(8-33-22(23)29)7-15(16)24(30)31/h5-7,17-21H,8-9H2,1-4H3/t17-,18-,19+,20-,21-/m1/s1. The van der Waals surface area contributed by atoms with Gasteiger partial charge in [-0.1, -0.05) is 6.07 Å². The maximum Gasteiger partial charge on any atom is 0.404 e. The first-order chi connectivity index (χ1) is 17.8. The summed E-state index contributed by atoms with van der Waals surface area (Å²) in [6.07, 6.45) is -7.54. The summed E-state index contributed by atoms with van der Waals surface area (Å²) >= 11 is 5.12. The van der Waals surface area contributed by atoms with Crippen LogP contribution in [0, 0.1) is 10.1 Å². The van der Waals surface area contributed by atoms with Crippen molar-refractivity contribution in [2.75, 3.05) is 6.61 Å². The Balaban J connectivity index is 2.52. The molecule has 0 spiro atoms. The third-order valence-electron chi connectivity index (χ3n) is 4.76. The zero-order valence-electron chi connectivity index (χ0n) is 20.6. The molecular formula is C22H24ClNO14. The number of carbonyl (C=O) groups excluding carboxylic acids is 5. The van der Waals surface area contributed by atoms with E-state index in [9.17, 15) is 34.1 Å². The van der Waals surface area contributed by atoms with Crippen LogP contribution in [-0.4, -0.2) is 71.5 Å². The molecule has 1 aliphatic rings. The lowest BCUT2D eigenvalue weighted by molar-refractivity contribution is -0.387. The van der Waals surface area contributed by atoms with Gasteiger partial charge in [-0.3, -0.25) is 29.3 Å². The number of benzene rings is 1. The molecule has 2 rings (SSSR count). The van der Waals surface area contributed by atoms with E-state index in [1.165, 1.54) is 6.07 Å². The molecule has 1 aromatic rings. The molecule has 0 saturated carbocycles. The van der Waals surface area contributed by atoms with E-state index in [-0.39, 0.29) is 17.9 Å². The van der Waals surface area contributed by atoms with E-state index >= 15 is 0 Å². The van der Waals surface area contributed by atoms with Crippen molar-refractivity contribution in [3.63, 3.8) is 0 Å². The lowest BCUT2D eigenvalue weighted by Crippen LogP contribution is -2.63. The molecule has 1 aliphatic heterocycles. The van der Waals surface area contributed by atoms with E-state index in [4.69, 9.17) is 40.0 Å². The van der Waals surface area contributed by atoms with Gasteiger partial charge in [0.2, 0.25) is 12.4 Å². The highest BCUT2D eigenvalue weighted by Crippen LogP contribution is 2.35. The van der Waals surface area contributed by atoms with Crippen molar-refractivity contribution in [3.05, 3.63) is 33.9 Å². The summed E-state index contributed by atoms with van der Waals surface area (Å²) in [7, 11) is 0. The summed E-state index contributed by atoms with van der Waals surface area (Å²) in [5, 5.41) is 11.7. The Morgan fingerprint density at radius 2 is 1.47 bits per heavy atom. The van der Waals surface area contributed by atoms with E-state index in [1.807, 2.05) is 0 Å². The molecule has 0 aromatic heterocycles. The Morgan fingerprint density at radius 3 is 2.00 bits per heavy atom. The van der Waals surface area contributed by atoms with Gasteiger partial charge < -0.3 is 33.2 Å². The Labute approximate surface area is 220 Å². The molecule has 1 fully saturated rings. The van der Waals surface area contributed by atoms with Crippen LogP contribution in [0.25, 0.3) is 0 Å². The molecule has 0 amide bonds. The molecule has 5 atom stereocenters. The third-order valence-corrected chi connectivity index (χ3v) is 4.87. The van der Waals surface area contributed by atoms with Gasteiger partial charge in [-0.2, -0.15) is 0 Å². The van der Waals surface area contributed by atoms with E-state index in [0.717, 1.165) is 39.8 Å². The fourth-order valence-electron chi connectivity index (χ4n) is 3.44. The van der Waals surface area contributed by atoms with Gasteiger partial charge in [0.15, 0.2) is 18.0 Å². The van der Waals surface area contributed by atoms with Crippen molar-refractivity contribution in [1.82, 2.24) is 0 Å². The topological polar surface area (TPSA) is 193 Å². The normalized spacial score (nSPS) is 22.4. The molecule has 16 heteroatoms. The molecule has 15 nitrogen and oxygen atoms in total.